The highest BCUT2D eigenvalue weighted by molar-refractivity contribution is 14.0. The molecule has 32 heavy (non-hydrogen) atoms. The largest absolute Gasteiger partial charge is 0.357 e. The summed E-state index contributed by atoms with van der Waals surface area (Å²) in [6, 6.07) is 16.7. The van der Waals surface area contributed by atoms with Crippen LogP contribution in [0.15, 0.2) is 59.9 Å². The fourth-order valence-electron chi connectivity index (χ4n) is 3.83. The van der Waals surface area contributed by atoms with Gasteiger partial charge in [-0.1, -0.05) is 36.4 Å². The van der Waals surface area contributed by atoms with Gasteiger partial charge in [-0.25, -0.2) is 9.98 Å². The van der Waals surface area contributed by atoms with Crippen molar-refractivity contribution in [2.75, 3.05) is 26.2 Å². The highest BCUT2D eigenvalue weighted by Crippen LogP contribution is 2.15. The topological polar surface area (TPSA) is 74.5 Å². The molecule has 0 bridgehead atoms. The second-order valence-electron chi connectivity index (χ2n) is 7.81. The first-order valence-electron chi connectivity index (χ1n) is 11.0. The normalized spacial score (nSPS) is 13.8. The molecule has 4 rings (SSSR count). The first kappa shape index (κ1) is 24.0. The minimum absolute atomic E-state index is 0. The summed E-state index contributed by atoms with van der Waals surface area (Å²) in [6.45, 7) is 6.14. The molecule has 1 aliphatic heterocycles. The maximum Gasteiger partial charge on any atom is 0.241 e. The molecule has 0 unspecified atom stereocenters. The van der Waals surface area contributed by atoms with Crippen molar-refractivity contribution in [3.05, 3.63) is 66.0 Å². The third kappa shape index (κ3) is 6.21. The van der Waals surface area contributed by atoms with E-state index in [-0.39, 0.29) is 36.4 Å². The lowest BCUT2D eigenvalue weighted by atomic mass is 10.1. The highest BCUT2D eigenvalue weighted by atomic mass is 127. The van der Waals surface area contributed by atoms with Crippen molar-refractivity contribution in [1.82, 2.24) is 25.1 Å². The summed E-state index contributed by atoms with van der Waals surface area (Å²) in [7, 11) is 0. The number of amides is 1. The van der Waals surface area contributed by atoms with E-state index >= 15 is 0 Å². The molecule has 3 aromatic rings. The molecule has 0 aliphatic carbocycles. The fourth-order valence-corrected chi connectivity index (χ4v) is 3.83. The van der Waals surface area contributed by atoms with E-state index in [0.717, 1.165) is 55.6 Å². The van der Waals surface area contributed by atoms with Crippen molar-refractivity contribution in [3.63, 3.8) is 0 Å². The average molecular weight is 546 g/mol. The molecular formula is C24H31IN6O. The van der Waals surface area contributed by atoms with Crippen LogP contribution in [0.1, 0.15) is 30.9 Å². The lowest BCUT2D eigenvalue weighted by Crippen LogP contribution is -2.44. The predicted octanol–water partition coefficient (Wildman–Crippen LogP) is 3.38. The van der Waals surface area contributed by atoms with Crippen LogP contribution in [0.25, 0.3) is 11.0 Å². The van der Waals surface area contributed by atoms with Crippen molar-refractivity contribution < 1.29 is 4.79 Å². The Balaban J connectivity index is 0.00000289. The van der Waals surface area contributed by atoms with Crippen LogP contribution >= 0.6 is 24.0 Å². The minimum atomic E-state index is 0. The molecule has 1 fully saturated rings. The number of rotatable bonds is 7. The second kappa shape index (κ2) is 11.8. The molecular weight excluding hydrogens is 515 g/mol. The van der Waals surface area contributed by atoms with E-state index in [0.29, 0.717) is 12.5 Å². The van der Waals surface area contributed by atoms with Gasteiger partial charge in [0.2, 0.25) is 5.91 Å². The number of halogens is 1. The number of nitrogens with zero attached hydrogens (tertiary/aromatic N) is 4. The maximum absolute atomic E-state index is 12.3. The third-order valence-corrected chi connectivity index (χ3v) is 5.53. The molecule has 1 saturated heterocycles. The Labute approximate surface area is 206 Å². The zero-order valence-corrected chi connectivity index (χ0v) is 20.8. The molecule has 0 spiro atoms. The van der Waals surface area contributed by atoms with Gasteiger partial charge >= 0.3 is 0 Å². The van der Waals surface area contributed by atoms with E-state index in [1.54, 1.807) is 0 Å². The zero-order chi connectivity index (χ0) is 21.5. The molecule has 2 heterocycles. The van der Waals surface area contributed by atoms with Crippen molar-refractivity contribution in [2.24, 2.45) is 4.99 Å². The van der Waals surface area contributed by atoms with E-state index in [2.05, 4.69) is 55.5 Å². The van der Waals surface area contributed by atoms with Crippen LogP contribution in [0.3, 0.4) is 0 Å². The molecule has 0 radical (unpaired) electrons. The van der Waals surface area contributed by atoms with Gasteiger partial charge in [-0.3, -0.25) is 4.79 Å². The Morgan fingerprint density at radius 3 is 2.50 bits per heavy atom. The number of hydrogen-bond acceptors (Lipinski definition) is 3. The number of hydrogen-bond donors (Lipinski definition) is 2. The van der Waals surface area contributed by atoms with Gasteiger partial charge in [0.25, 0.3) is 0 Å². The molecule has 1 amide bonds. The number of para-hydroxylation sites is 2. The van der Waals surface area contributed by atoms with E-state index in [1.165, 1.54) is 5.56 Å². The fraction of sp³-hybridized carbons (Fsp3) is 0.375. The Morgan fingerprint density at radius 1 is 1.03 bits per heavy atom. The highest BCUT2D eigenvalue weighted by Gasteiger charge is 2.17. The summed E-state index contributed by atoms with van der Waals surface area (Å²) in [5.74, 6) is 0.809. The van der Waals surface area contributed by atoms with Gasteiger partial charge < -0.3 is 20.1 Å². The molecule has 7 nitrogen and oxygen atoms in total. The Kier molecular flexibility index (Phi) is 8.90. The van der Waals surface area contributed by atoms with Gasteiger partial charge in [0.05, 0.1) is 30.5 Å². The van der Waals surface area contributed by atoms with E-state index in [9.17, 15) is 4.79 Å². The Bertz CT molecular complexity index is 1040. The monoisotopic (exact) mass is 546 g/mol. The van der Waals surface area contributed by atoms with Crippen molar-refractivity contribution in [3.8, 4) is 0 Å². The van der Waals surface area contributed by atoms with Crippen LogP contribution in [-0.2, 0) is 17.9 Å². The molecule has 2 N–H and O–H groups in total. The van der Waals surface area contributed by atoms with Crippen LogP contribution < -0.4 is 10.6 Å². The smallest absolute Gasteiger partial charge is 0.241 e. The van der Waals surface area contributed by atoms with Crippen LogP contribution in [0.4, 0.5) is 0 Å². The summed E-state index contributed by atoms with van der Waals surface area (Å²) in [6.07, 6.45) is 4.10. The van der Waals surface area contributed by atoms with Gasteiger partial charge in [-0.05, 0) is 43.0 Å². The molecule has 1 aliphatic rings. The predicted molar refractivity (Wildman–Crippen MR) is 139 cm³/mol. The second-order valence-corrected chi connectivity index (χ2v) is 7.81. The Hall–Kier alpha value is -2.62. The maximum atomic E-state index is 12.3. The van der Waals surface area contributed by atoms with E-state index in [4.69, 9.17) is 0 Å². The third-order valence-electron chi connectivity index (χ3n) is 5.53. The number of carbonyl (C=O) groups excluding carboxylic acids is 1. The quantitative estimate of drug-likeness (QED) is 0.271. The average Bonchev–Trinajstić information content (AvgIpc) is 3.47. The lowest BCUT2D eigenvalue weighted by molar-refractivity contribution is -0.128. The number of aliphatic imine (C=N–C) groups is 1. The van der Waals surface area contributed by atoms with Gasteiger partial charge in [0.15, 0.2) is 5.96 Å². The van der Waals surface area contributed by atoms with Crippen molar-refractivity contribution in [2.45, 2.75) is 32.9 Å². The summed E-state index contributed by atoms with van der Waals surface area (Å²) >= 11 is 0. The summed E-state index contributed by atoms with van der Waals surface area (Å²) in [5.41, 5.74) is 4.50. The number of carbonyl (C=O) groups is 1. The molecule has 0 atom stereocenters. The molecule has 8 heteroatoms. The van der Waals surface area contributed by atoms with Crippen LogP contribution in [-0.4, -0.2) is 52.5 Å². The van der Waals surface area contributed by atoms with Crippen LogP contribution in [0.5, 0.6) is 0 Å². The zero-order valence-electron chi connectivity index (χ0n) is 18.5. The van der Waals surface area contributed by atoms with Gasteiger partial charge in [-0.15, -0.1) is 24.0 Å². The van der Waals surface area contributed by atoms with Crippen molar-refractivity contribution in [1.29, 1.82) is 0 Å². The van der Waals surface area contributed by atoms with Gasteiger partial charge in [0.1, 0.15) is 0 Å². The molecule has 1 aromatic heterocycles. The Morgan fingerprint density at radius 2 is 1.75 bits per heavy atom. The number of nitrogens with one attached hydrogen (secondary N) is 2. The number of likely N-dealkylation sites (tertiary alicyclic amines) is 1. The summed E-state index contributed by atoms with van der Waals surface area (Å²) < 4.78 is 2.16. The van der Waals surface area contributed by atoms with Gasteiger partial charge in [-0.2, -0.15) is 0 Å². The molecule has 0 saturated carbocycles. The molecule has 170 valence electrons. The standard InChI is InChI=1S/C24H30N6O.HI/c1-2-25-24(27-16-23(31)29-13-5-6-14-29)26-15-19-9-11-20(12-10-19)17-30-18-28-21-7-3-4-8-22(21)30;/h3-4,7-12,18H,2,5-6,13-17H2,1H3,(H2,25,26,27);1H. The first-order chi connectivity index (χ1) is 15.2. The van der Waals surface area contributed by atoms with E-state index < -0.39 is 0 Å². The van der Waals surface area contributed by atoms with Crippen molar-refractivity contribution >= 4 is 46.9 Å². The SMILES string of the molecule is CCNC(=NCc1ccc(Cn2cnc3ccccc32)cc1)NCC(=O)N1CCCC1.I. The summed E-state index contributed by atoms with van der Waals surface area (Å²) in [5, 5.41) is 6.38. The number of guanidine groups is 1. The van der Waals surface area contributed by atoms with Gasteiger partial charge in [0, 0.05) is 26.2 Å². The number of benzene rings is 2. The van der Waals surface area contributed by atoms with E-state index in [1.807, 2.05) is 36.4 Å². The van der Waals surface area contributed by atoms with Crippen LogP contribution in [0.2, 0.25) is 0 Å². The first-order valence-corrected chi connectivity index (χ1v) is 11.0. The number of imidazole rings is 1. The summed E-state index contributed by atoms with van der Waals surface area (Å²) in [4.78, 5) is 23.3. The molecule has 2 aromatic carbocycles. The number of fused-ring (bicyclic) bond motifs is 1. The minimum Gasteiger partial charge on any atom is -0.357 e. The lowest BCUT2D eigenvalue weighted by Gasteiger charge is -2.17. The van der Waals surface area contributed by atoms with Crippen LogP contribution in [0, 0.1) is 0 Å². The number of aromatic nitrogens is 2.